The number of furan rings is 1. The molecule has 0 aliphatic carbocycles. The van der Waals surface area contributed by atoms with Crippen molar-refractivity contribution in [2.75, 3.05) is 4.72 Å². The zero-order valence-electron chi connectivity index (χ0n) is 14.4. The van der Waals surface area contributed by atoms with Gasteiger partial charge in [0.1, 0.15) is 0 Å². The standard InChI is InChI=1S/C19H14BrN3O4S/c20-14-7-9-15(10-8-14)28(24,25)23-16-5-2-1-4-13(16)12-18-21-19(22-27-18)17-6-3-11-26-17/h1-11,23H,12H2. The summed E-state index contributed by atoms with van der Waals surface area (Å²) in [5, 5.41) is 3.89. The van der Waals surface area contributed by atoms with Gasteiger partial charge in [-0.3, -0.25) is 4.72 Å². The van der Waals surface area contributed by atoms with E-state index < -0.39 is 10.0 Å². The van der Waals surface area contributed by atoms with Crippen LogP contribution < -0.4 is 4.72 Å². The molecule has 0 aliphatic rings. The van der Waals surface area contributed by atoms with Crippen LogP contribution in [0.4, 0.5) is 5.69 Å². The molecule has 0 radical (unpaired) electrons. The van der Waals surface area contributed by atoms with Crippen molar-refractivity contribution in [3.8, 4) is 11.6 Å². The molecule has 1 N–H and O–H groups in total. The van der Waals surface area contributed by atoms with Gasteiger partial charge in [0.25, 0.3) is 10.0 Å². The number of hydrogen-bond donors (Lipinski definition) is 1. The monoisotopic (exact) mass is 459 g/mol. The number of rotatable bonds is 6. The lowest BCUT2D eigenvalue weighted by atomic mass is 10.1. The number of aromatic nitrogens is 2. The van der Waals surface area contributed by atoms with Gasteiger partial charge in [-0.1, -0.05) is 39.3 Å². The second-order valence-electron chi connectivity index (χ2n) is 5.88. The van der Waals surface area contributed by atoms with Crippen molar-refractivity contribution >= 4 is 31.6 Å². The SMILES string of the molecule is O=S(=O)(Nc1ccccc1Cc1nc(-c2ccco2)no1)c1ccc(Br)cc1. The molecule has 0 fully saturated rings. The Morgan fingerprint density at radius 1 is 1.00 bits per heavy atom. The van der Waals surface area contributed by atoms with Gasteiger partial charge in [0.2, 0.25) is 11.7 Å². The molecule has 0 aliphatic heterocycles. The largest absolute Gasteiger partial charge is 0.461 e. The molecule has 4 rings (SSSR count). The van der Waals surface area contributed by atoms with Gasteiger partial charge in [0, 0.05) is 4.47 Å². The Morgan fingerprint density at radius 2 is 1.79 bits per heavy atom. The second-order valence-corrected chi connectivity index (χ2v) is 8.48. The van der Waals surface area contributed by atoms with Crippen LogP contribution in [0.2, 0.25) is 0 Å². The van der Waals surface area contributed by atoms with E-state index in [9.17, 15) is 8.42 Å². The summed E-state index contributed by atoms with van der Waals surface area (Å²) < 4.78 is 39.3. The maximum atomic E-state index is 12.7. The van der Waals surface area contributed by atoms with Crippen molar-refractivity contribution in [3.63, 3.8) is 0 Å². The van der Waals surface area contributed by atoms with Crippen molar-refractivity contribution in [3.05, 3.63) is 82.9 Å². The molecule has 142 valence electrons. The lowest BCUT2D eigenvalue weighted by molar-refractivity contribution is 0.384. The number of benzene rings is 2. The number of para-hydroxylation sites is 1. The van der Waals surface area contributed by atoms with Crippen LogP contribution in [0.3, 0.4) is 0 Å². The van der Waals surface area contributed by atoms with Crippen molar-refractivity contribution in [1.29, 1.82) is 0 Å². The Hall–Kier alpha value is -2.91. The minimum absolute atomic E-state index is 0.170. The second kappa shape index (κ2) is 7.61. The van der Waals surface area contributed by atoms with Gasteiger partial charge in [0.15, 0.2) is 5.76 Å². The fourth-order valence-electron chi connectivity index (χ4n) is 2.59. The fourth-order valence-corrected chi connectivity index (χ4v) is 3.95. The summed E-state index contributed by atoms with van der Waals surface area (Å²) in [6, 6.07) is 16.9. The molecule has 28 heavy (non-hydrogen) atoms. The first-order chi connectivity index (χ1) is 13.5. The molecule has 9 heteroatoms. The molecule has 0 unspecified atom stereocenters. The van der Waals surface area contributed by atoms with Crippen LogP contribution in [0, 0.1) is 0 Å². The van der Waals surface area contributed by atoms with Gasteiger partial charge in [-0.05, 0) is 48.0 Å². The lowest BCUT2D eigenvalue weighted by Crippen LogP contribution is -2.14. The summed E-state index contributed by atoms with van der Waals surface area (Å²) in [6.07, 6.45) is 1.80. The Bertz CT molecular complexity index is 1190. The summed E-state index contributed by atoms with van der Waals surface area (Å²) in [5.41, 5.74) is 1.15. The van der Waals surface area contributed by atoms with E-state index in [2.05, 4.69) is 30.8 Å². The number of halogens is 1. The molecular weight excluding hydrogens is 446 g/mol. The van der Waals surface area contributed by atoms with E-state index in [4.69, 9.17) is 8.94 Å². The summed E-state index contributed by atoms with van der Waals surface area (Å²) in [5.74, 6) is 1.19. The summed E-state index contributed by atoms with van der Waals surface area (Å²) in [7, 11) is -3.73. The van der Waals surface area contributed by atoms with Crippen LogP contribution in [-0.4, -0.2) is 18.6 Å². The summed E-state index contributed by atoms with van der Waals surface area (Å²) in [4.78, 5) is 4.47. The van der Waals surface area contributed by atoms with Crippen molar-refractivity contribution in [1.82, 2.24) is 10.1 Å². The molecule has 2 heterocycles. The molecule has 7 nitrogen and oxygen atoms in total. The van der Waals surface area contributed by atoms with E-state index in [0.717, 1.165) is 4.47 Å². The maximum Gasteiger partial charge on any atom is 0.261 e. The Morgan fingerprint density at radius 3 is 2.54 bits per heavy atom. The van der Waals surface area contributed by atoms with E-state index in [-0.39, 0.29) is 11.3 Å². The van der Waals surface area contributed by atoms with Gasteiger partial charge in [-0.2, -0.15) is 4.98 Å². The molecule has 4 aromatic rings. The van der Waals surface area contributed by atoms with Crippen molar-refractivity contribution < 1.29 is 17.4 Å². The van der Waals surface area contributed by atoms with Crippen LogP contribution in [0.15, 0.2) is 85.2 Å². The van der Waals surface area contributed by atoms with Crippen LogP contribution in [0.25, 0.3) is 11.6 Å². The van der Waals surface area contributed by atoms with Crippen LogP contribution in [0.5, 0.6) is 0 Å². The average molecular weight is 460 g/mol. The van der Waals surface area contributed by atoms with Crippen molar-refractivity contribution in [2.45, 2.75) is 11.3 Å². The normalized spacial score (nSPS) is 11.5. The highest BCUT2D eigenvalue weighted by molar-refractivity contribution is 9.10. The number of sulfonamides is 1. The first-order valence-corrected chi connectivity index (χ1v) is 10.5. The number of nitrogens with one attached hydrogen (secondary N) is 1. The van der Waals surface area contributed by atoms with E-state index in [1.165, 1.54) is 18.4 Å². The first kappa shape index (κ1) is 18.5. The summed E-state index contributed by atoms with van der Waals surface area (Å²) in [6.45, 7) is 0. The van der Waals surface area contributed by atoms with Crippen LogP contribution >= 0.6 is 15.9 Å². The molecule has 0 amide bonds. The molecular formula is C19H14BrN3O4S. The number of hydrogen-bond acceptors (Lipinski definition) is 6. The highest BCUT2D eigenvalue weighted by Crippen LogP contribution is 2.24. The molecule has 0 spiro atoms. The number of nitrogens with zero attached hydrogens (tertiary/aromatic N) is 2. The Labute approximate surface area is 169 Å². The Kier molecular flexibility index (Phi) is 5.01. The van der Waals surface area contributed by atoms with E-state index in [0.29, 0.717) is 28.7 Å². The zero-order valence-corrected chi connectivity index (χ0v) is 16.8. The van der Waals surface area contributed by atoms with Gasteiger partial charge in [-0.15, -0.1) is 0 Å². The van der Waals surface area contributed by atoms with Crippen molar-refractivity contribution in [2.24, 2.45) is 0 Å². The molecule has 2 aromatic heterocycles. The quantitative estimate of drug-likeness (QED) is 0.456. The minimum atomic E-state index is -3.73. The maximum absolute atomic E-state index is 12.7. The fraction of sp³-hybridized carbons (Fsp3) is 0.0526. The average Bonchev–Trinajstić information content (AvgIpc) is 3.35. The first-order valence-electron chi connectivity index (χ1n) is 8.24. The summed E-state index contributed by atoms with van der Waals surface area (Å²) >= 11 is 3.30. The molecule has 0 atom stereocenters. The molecule has 2 aromatic carbocycles. The molecule has 0 bridgehead atoms. The van der Waals surface area contributed by atoms with E-state index in [1.54, 1.807) is 42.5 Å². The zero-order chi connectivity index (χ0) is 19.6. The highest BCUT2D eigenvalue weighted by atomic mass is 79.9. The van der Waals surface area contributed by atoms with Gasteiger partial charge in [-0.25, -0.2) is 8.42 Å². The van der Waals surface area contributed by atoms with E-state index >= 15 is 0 Å². The van der Waals surface area contributed by atoms with Crippen LogP contribution in [0.1, 0.15) is 11.5 Å². The lowest BCUT2D eigenvalue weighted by Gasteiger charge is -2.11. The third-order valence-electron chi connectivity index (χ3n) is 3.94. The third-order valence-corrected chi connectivity index (χ3v) is 5.85. The highest BCUT2D eigenvalue weighted by Gasteiger charge is 2.18. The Balaban J connectivity index is 1.58. The predicted molar refractivity (Wildman–Crippen MR) is 106 cm³/mol. The predicted octanol–water partition coefficient (Wildman–Crippen LogP) is 4.48. The molecule has 0 saturated carbocycles. The minimum Gasteiger partial charge on any atom is -0.461 e. The van der Waals surface area contributed by atoms with Crippen LogP contribution in [-0.2, 0) is 16.4 Å². The smallest absolute Gasteiger partial charge is 0.261 e. The van der Waals surface area contributed by atoms with Gasteiger partial charge < -0.3 is 8.94 Å². The third kappa shape index (κ3) is 4.00. The molecule has 0 saturated heterocycles. The van der Waals surface area contributed by atoms with Gasteiger partial charge >= 0.3 is 0 Å². The number of anilines is 1. The topological polar surface area (TPSA) is 98.2 Å². The van der Waals surface area contributed by atoms with Gasteiger partial charge in [0.05, 0.1) is 23.3 Å². The van der Waals surface area contributed by atoms with E-state index in [1.807, 2.05) is 6.07 Å².